The summed E-state index contributed by atoms with van der Waals surface area (Å²) < 4.78 is 5.20. The van der Waals surface area contributed by atoms with Crippen molar-refractivity contribution >= 4 is 23.1 Å². The summed E-state index contributed by atoms with van der Waals surface area (Å²) in [7, 11) is 3.36. The molecule has 0 amide bonds. The minimum Gasteiger partial charge on any atom is -0.451 e. The van der Waals surface area contributed by atoms with Crippen LogP contribution in [0.15, 0.2) is 18.2 Å². The Labute approximate surface area is 128 Å². The summed E-state index contributed by atoms with van der Waals surface area (Å²) in [6.07, 6.45) is 1.85. The Kier molecular flexibility index (Phi) is 4.75. The lowest BCUT2D eigenvalue weighted by atomic mass is 9.96. The second-order valence-electron chi connectivity index (χ2n) is 5.46. The highest BCUT2D eigenvalue weighted by Gasteiger charge is 2.27. The number of rotatable bonds is 4. The number of nitro groups is 1. The molecule has 1 atom stereocenters. The zero-order chi connectivity index (χ0) is 16.3. The molecule has 7 heteroatoms. The Hall–Kier alpha value is -2.44. The van der Waals surface area contributed by atoms with E-state index < -0.39 is 17.0 Å². The van der Waals surface area contributed by atoms with Crippen molar-refractivity contribution in [1.82, 2.24) is 0 Å². The van der Waals surface area contributed by atoms with E-state index >= 15 is 0 Å². The molecule has 1 fully saturated rings. The van der Waals surface area contributed by atoms with Crippen LogP contribution in [0, 0.1) is 10.1 Å². The first-order valence-corrected chi connectivity index (χ1v) is 7.09. The molecular weight excluding hydrogens is 288 g/mol. The molecule has 0 heterocycles. The molecule has 0 spiro atoms. The van der Waals surface area contributed by atoms with Crippen LogP contribution in [0.5, 0.6) is 0 Å². The van der Waals surface area contributed by atoms with Crippen molar-refractivity contribution in [2.45, 2.75) is 31.8 Å². The fourth-order valence-electron chi connectivity index (χ4n) is 2.45. The first-order chi connectivity index (χ1) is 10.4. The van der Waals surface area contributed by atoms with E-state index in [9.17, 15) is 19.7 Å². The fraction of sp³-hybridized carbons (Fsp3) is 0.467. The lowest BCUT2D eigenvalue weighted by molar-refractivity contribution is -0.384. The van der Waals surface area contributed by atoms with Gasteiger partial charge in [-0.05, 0) is 31.4 Å². The quantitative estimate of drug-likeness (QED) is 0.482. The van der Waals surface area contributed by atoms with Crippen LogP contribution in [-0.2, 0) is 9.53 Å². The molecule has 0 aliphatic heterocycles. The maximum Gasteiger partial charge on any atom is 0.339 e. The molecule has 1 saturated carbocycles. The van der Waals surface area contributed by atoms with Gasteiger partial charge in [0.2, 0.25) is 0 Å². The minimum absolute atomic E-state index is 0.0793. The Morgan fingerprint density at radius 1 is 1.36 bits per heavy atom. The van der Waals surface area contributed by atoms with E-state index in [1.54, 1.807) is 19.0 Å². The number of anilines is 1. The Bertz CT molecular complexity index is 612. The number of hydrogen-bond donors (Lipinski definition) is 0. The molecular formula is C15H18N2O5. The van der Waals surface area contributed by atoms with Gasteiger partial charge < -0.3 is 9.64 Å². The molecule has 7 nitrogen and oxygen atoms in total. The first kappa shape index (κ1) is 15.9. The van der Waals surface area contributed by atoms with Gasteiger partial charge in [0.05, 0.1) is 10.5 Å². The SMILES string of the molecule is CN(C)c1ccc(C(=O)O[C@@H]2CCCCC2=O)cc1[N+](=O)[O-]. The predicted molar refractivity (Wildman–Crippen MR) is 80.1 cm³/mol. The maximum absolute atomic E-state index is 12.1. The van der Waals surface area contributed by atoms with Crippen LogP contribution in [0.3, 0.4) is 0 Å². The van der Waals surface area contributed by atoms with Crippen LogP contribution in [0.2, 0.25) is 0 Å². The summed E-state index contributed by atoms with van der Waals surface area (Å²) in [5.74, 6) is -0.785. The molecule has 1 aliphatic rings. The Morgan fingerprint density at radius 3 is 2.68 bits per heavy atom. The third-order valence-electron chi connectivity index (χ3n) is 3.64. The molecule has 1 aliphatic carbocycles. The molecule has 0 bridgehead atoms. The zero-order valence-electron chi connectivity index (χ0n) is 12.6. The predicted octanol–water partition coefficient (Wildman–Crippen LogP) is 2.33. The summed E-state index contributed by atoms with van der Waals surface area (Å²) >= 11 is 0. The number of ether oxygens (including phenoxy) is 1. The van der Waals surface area contributed by atoms with Crippen LogP contribution < -0.4 is 4.90 Å². The Morgan fingerprint density at radius 2 is 2.09 bits per heavy atom. The number of hydrogen-bond acceptors (Lipinski definition) is 6. The minimum atomic E-state index is -0.728. The molecule has 1 aromatic carbocycles. The maximum atomic E-state index is 12.1. The largest absolute Gasteiger partial charge is 0.451 e. The molecule has 0 saturated heterocycles. The highest BCUT2D eigenvalue weighted by Crippen LogP contribution is 2.28. The number of benzene rings is 1. The summed E-state index contributed by atoms with van der Waals surface area (Å²) in [6.45, 7) is 0. The topological polar surface area (TPSA) is 89.8 Å². The molecule has 0 radical (unpaired) electrons. The molecule has 118 valence electrons. The van der Waals surface area contributed by atoms with Crippen LogP contribution in [0.1, 0.15) is 36.0 Å². The lowest BCUT2D eigenvalue weighted by Gasteiger charge is -2.20. The van der Waals surface area contributed by atoms with Crippen molar-refractivity contribution in [3.8, 4) is 0 Å². The highest BCUT2D eigenvalue weighted by atomic mass is 16.6. The summed E-state index contributed by atoms with van der Waals surface area (Å²) in [4.78, 5) is 36.0. The average Bonchev–Trinajstić information content (AvgIpc) is 2.48. The van der Waals surface area contributed by atoms with Crippen LogP contribution in [0.4, 0.5) is 11.4 Å². The van der Waals surface area contributed by atoms with Gasteiger partial charge in [0.25, 0.3) is 5.69 Å². The van der Waals surface area contributed by atoms with E-state index in [1.807, 2.05) is 0 Å². The van der Waals surface area contributed by atoms with Crippen molar-refractivity contribution in [3.63, 3.8) is 0 Å². The molecule has 1 aromatic rings. The zero-order valence-corrected chi connectivity index (χ0v) is 12.6. The number of ketones is 1. The van der Waals surface area contributed by atoms with Gasteiger partial charge in [-0.25, -0.2) is 4.79 Å². The van der Waals surface area contributed by atoms with Gasteiger partial charge in [0.1, 0.15) is 5.69 Å². The third-order valence-corrected chi connectivity index (χ3v) is 3.64. The standard InChI is InChI=1S/C15H18N2O5/c1-16(2)11-8-7-10(9-12(11)17(20)21)15(19)22-14-6-4-3-5-13(14)18/h7-9,14H,3-6H2,1-2H3/t14-/m1/s1. The van der Waals surface area contributed by atoms with Crippen molar-refractivity contribution in [2.24, 2.45) is 0 Å². The van der Waals surface area contributed by atoms with Crippen molar-refractivity contribution in [2.75, 3.05) is 19.0 Å². The molecule has 0 unspecified atom stereocenters. The smallest absolute Gasteiger partial charge is 0.339 e. The third kappa shape index (κ3) is 3.41. The van der Waals surface area contributed by atoms with Gasteiger partial charge >= 0.3 is 5.97 Å². The van der Waals surface area contributed by atoms with Crippen LogP contribution >= 0.6 is 0 Å². The number of carbonyl (C=O) groups is 2. The number of nitrogens with zero attached hydrogens (tertiary/aromatic N) is 2. The summed E-state index contributed by atoms with van der Waals surface area (Å²) in [5.41, 5.74) is 0.306. The second-order valence-corrected chi connectivity index (χ2v) is 5.46. The van der Waals surface area contributed by atoms with Gasteiger partial charge in [-0.15, -0.1) is 0 Å². The fourth-order valence-corrected chi connectivity index (χ4v) is 2.45. The van der Waals surface area contributed by atoms with E-state index in [0.29, 0.717) is 18.5 Å². The summed E-state index contributed by atoms with van der Waals surface area (Å²) in [6, 6.07) is 4.15. The van der Waals surface area contributed by atoms with Gasteiger partial charge in [-0.3, -0.25) is 14.9 Å². The van der Waals surface area contributed by atoms with Gasteiger partial charge in [-0.2, -0.15) is 0 Å². The van der Waals surface area contributed by atoms with Gasteiger partial charge in [0.15, 0.2) is 11.9 Å². The molecule has 22 heavy (non-hydrogen) atoms. The first-order valence-electron chi connectivity index (χ1n) is 7.09. The van der Waals surface area contributed by atoms with E-state index in [4.69, 9.17) is 4.74 Å². The average molecular weight is 306 g/mol. The van der Waals surface area contributed by atoms with E-state index in [0.717, 1.165) is 12.8 Å². The van der Waals surface area contributed by atoms with Crippen LogP contribution in [0.25, 0.3) is 0 Å². The lowest BCUT2D eigenvalue weighted by Crippen LogP contribution is -2.30. The number of esters is 1. The van der Waals surface area contributed by atoms with Gasteiger partial charge in [0, 0.05) is 26.6 Å². The normalized spacial score (nSPS) is 17.9. The van der Waals surface area contributed by atoms with Crippen LogP contribution in [-0.4, -0.2) is 36.9 Å². The number of nitro benzene ring substituents is 1. The molecule has 2 rings (SSSR count). The number of Topliss-reactive ketones (excluding diaryl/α,β-unsaturated/α-hetero) is 1. The number of carbonyl (C=O) groups excluding carboxylic acids is 2. The van der Waals surface area contributed by atoms with Gasteiger partial charge in [-0.1, -0.05) is 0 Å². The molecule has 0 aromatic heterocycles. The second kappa shape index (κ2) is 6.55. The Balaban J connectivity index is 2.21. The van der Waals surface area contributed by atoms with Crippen molar-refractivity contribution < 1.29 is 19.2 Å². The van der Waals surface area contributed by atoms with Crippen molar-refractivity contribution in [1.29, 1.82) is 0 Å². The van der Waals surface area contributed by atoms with E-state index in [2.05, 4.69) is 0 Å². The van der Waals surface area contributed by atoms with Crippen molar-refractivity contribution in [3.05, 3.63) is 33.9 Å². The molecule has 0 N–H and O–H groups in total. The summed E-state index contributed by atoms with van der Waals surface area (Å²) in [5, 5.41) is 11.1. The highest BCUT2D eigenvalue weighted by molar-refractivity contribution is 5.94. The van der Waals surface area contributed by atoms with E-state index in [1.165, 1.54) is 18.2 Å². The van der Waals surface area contributed by atoms with E-state index in [-0.39, 0.29) is 17.0 Å². The monoisotopic (exact) mass is 306 g/mol.